The minimum Gasteiger partial charge on any atom is -0.430 e. The molecule has 0 aliphatic heterocycles. The molecule has 0 saturated heterocycles. The number of carbonyl (C=O) groups excluding carboxylic acids is 2. The zero-order valence-electron chi connectivity index (χ0n) is 16.0. The summed E-state index contributed by atoms with van der Waals surface area (Å²) in [6, 6.07) is 0.614. The van der Waals surface area contributed by atoms with Gasteiger partial charge in [0.05, 0.1) is 12.0 Å². The third-order valence-corrected chi connectivity index (χ3v) is 4.86. The fraction of sp³-hybridized carbons (Fsp3) is 0.312. The van der Waals surface area contributed by atoms with E-state index in [9.17, 15) is 18.0 Å². The smallest absolute Gasteiger partial charge is 0.362 e. The number of carbonyl (C=O) groups is 2. The van der Waals surface area contributed by atoms with Gasteiger partial charge in [-0.2, -0.15) is 5.10 Å². The molecule has 12 heteroatoms. The van der Waals surface area contributed by atoms with Gasteiger partial charge in [-0.15, -0.1) is 0 Å². The van der Waals surface area contributed by atoms with Crippen molar-refractivity contribution < 1.29 is 22.7 Å². The number of amides is 2. The summed E-state index contributed by atoms with van der Waals surface area (Å²) < 4.78 is 33.2. The third-order valence-electron chi connectivity index (χ3n) is 3.38. The van der Waals surface area contributed by atoms with Gasteiger partial charge in [-0.25, -0.2) is 32.7 Å². The molecule has 150 valence electrons. The zero-order chi connectivity index (χ0) is 21.1. The molecule has 11 nitrogen and oxygen atoms in total. The molecule has 2 heterocycles. The van der Waals surface area contributed by atoms with E-state index in [-0.39, 0.29) is 17.3 Å². The van der Waals surface area contributed by atoms with Gasteiger partial charge in [0.1, 0.15) is 4.90 Å². The Balaban J connectivity index is 2.31. The molecule has 0 fully saturated rings. The third kappa shape index (κ3) is 4.71. The summed E-state index contributed by atoms with van der Waals surface area (Å²) >= 11 is 0. The lowest BCUT2D eigenvalue weighted by atomic mass is 10.3. The average molecular weight is 408 g/mol. The number of rotatable bonds is 5. The highest BCUT2D eigenvalue weighted by Crippen LogP contribution is 2.20. The van der Waals surface area contributed by atoms with Gasteiger partial charge in [0.15, 0.2) is 5.69 Å². The Bertz CT molecular complexity index is 1040. The number of nitrogens with one attached hydrogen (secondary N) is 2. The Morgan fingerprint density at radius 1 is 1.18 bits per heavy atom. The molecule has 0 unspecified atom stereocenters. The van der Waals surface area contributed by atoms with Crippen molar-refractivity contribution in [3.05, 3.63) is 41.2 Å². The van der Waals surface area contributed by atoms with Crippen LogP contribution in [0.5, 0.6) is 0 Å². The van der Waals surface area contributed by atoms with Gasteiger partial charge in [-0.1, -0.05) is 6.08 Å². The van der Waals surface area contributed by atoms with E-state index in [4.69, 9.17) is 4.74 Å². The molecule has 0 atom stereocenters. The van der Waals surface area contributed by atoms with Crippen LogP contribution in [0.3, 0.4) is 0 Å². The summed E-state index contributed by atoms with van der Waals surface area (Å²) in [6.07, 6.45) is 2.57. The van der Waals surface area contributed by atoms with Gasteiger partial charge in [0.2, 0.25) is 5.95 Å². The molecular formula is C16H20N6O5S. The molecule has 0 aliphatic rings. The van der Waals surface area contributed by atoms with Gasteiger partial charge in [-0.05, 0) is 33.8 Å². The van der Waals surface area contributed by atoms with Crippen LogP contribution < -0.4 is 10.0 Å². The van der Waals surface area contributed by atoms with Crippen molar-refractivity contribution in [2.45, 2.75) is 32.6 Å². The van der Waals surface area contributed by atoms with Crippen molar-refractivity contribution in [1.29, 1.82) is 0 Å². The van der Waals surface area contributed by atoms with E-state index < -0.39 is 26.9 Å². The Kier molecular flexibility index (Phi) is 6.13. The first-order chi connectivity index (χ1) is 13.0. The molecule has 0 spiro atoms. The number of esters is 1. The summed E-state index contributed by atoms with van der Waals surface area (Å²) in [4.78, 5) is 31.9. The number of aromatic nitrogens is 4. The minimum absolute atomic E-state index is 0.0258. The fourth-order valence-electron chi connectivity index (χ4n) is 2.45. The van der Waals surface area contributed by atoms with Crippen molar-refractivity contribution >= 4 is 28.0 Å². The molecule has 2 rings (SSSR count). The Hall–Kier alpha value is -3.28. The van der Waals surface area contributed by atoms with E-state index >= 15 is 0 Å². The second kappa shape index (κ2) is 8.17. The van der Waals surface area contributed by atoms with Crippen LogP contribution in [0.25, 0.3) is 0 Å². The molecule has 0 saturated carbocycles. The Morgan fingerprint density at radius 3 is 2.36 bits per heavy atom. The number of allylic oxidation sites excluding steroid dienone is 1. The van der Waals surface area contributed by atoms with E-state index in [0.29, 0.717) is 11.4 Å². The number of sulfonamides is 1. The molecule has 2 N–H and O–H groups in total. The van der Waals surface area contributed by atoms with Crippen molar-refractivity contribution in [2.75, 3.05) is 5.32 Å². The molecule has 0 bridgehead atoms. The molecule has 2 aromatic heterocycles. The molecule has 0 radical (unpaired) electrons. The van der Waals surface area contributed by atoms with Gasteiger partial charge in [-0.3, -0.25) is 10.00 Å². The van der Waals surface area contributed by atoms with E-state index in [0.717, 1.165) is 10.9 Å². The number of hydrogen-bond acceptors (Lipinski definition) is 8. The second-order valence-electron chi connectivity index (χ2n) is 5.80. The predicted molar refractivity (Wildman–Crippen MR) is 99.0 cm³/mol. The highest BCUT2D eigenvalue weighted by atomic mass is 32.2. The lowest BCUT2D eigenvalue weighted by Gasteiger charge is -2.09. The van der Waals surface area contributed by atoms with Gasteiger partial charge >= 0.3 is 12.0 Å². The second-order valence-corrected chi connectivity index (χ2v) is 7.41. The first-order valence-electron chi connectivity index (χ1n) is 8.07. The lowest BCUT2D eigenvalue weighted by molar-refractivity contribution is 0.0646. The van der Waals surface area contributed by atoms with E-state index in [1.54, 1.807) is 26.8 Å². The van der Waals surface area contributed by atoms with Crippen molar-refractivity contribution in [3.63, 3.8) is 0 Å². The van der Waals surface area contributed by atoms with Gasteiger partial charge in [0, 0.05) is 18.4 Å². The van der Waals surface area contributed by atoms with E-state index in [2.05, 4.69) is 20.4 Å². The first kappa shape index (κ1) is 21.0. The SMILES string of the molecule is CC=COC(=O)c1c(S(=O)(=O)NC(=O)Nc2nc(C)cc(C)n2)c(C)nn1C. The molecule has 2 amide bonds. The molecule has 0 aliphatic carbocycles. The Morgan fingerprint density at radius 2 is 1.79 bits per heavy atom. The number of nitrogens with zero attached hydrogens (tertiary/aromatic N) is 4. The number of urea groups is 1. The molecular weight excluding hydrogens is 388 g/mol. The molecule has 0 aromatic carbocycles. The molecule has 2 aromatic rings. The minimum atomic E-state index is -4.44. The topological polar surface area (TPSA) is 145 Å². The van der Waals surface area contributed by atoms with Crippen LogP contribution in [0.2, 0.25) is 0 Å². The van der Waals surface area contributed by atoms with Gasteiger partial charge in [0.25, 0.3) is 10.0 Å². The fourth-order valence-corrected chi connectivity index (χ4v) is 3.75. The summed E-state index contributed by atoms with van der Waals surface area (Å²) in [5, 5.41) is 6.19. The maximum atomic E-state index is 12.7. The summed E-state index contributed by atoms with van der Waals surface area (Å²) in [7, 11) is -3.05. The quantitative estimate of drug-likeness (QED) is 0.557. The number of ether oxygens (including phenoxy) is 1. The maximum absolute atomic E-state index is 12.7. The van der Waals surface area contributed by atoms with Crippen LogP contribution in [0.4, 0.5) is 10.7 Å². The van der Waals surface area contributed by atoms with Crippen molar-refractivity contribution in [1.82, 2.24) is 24.5 Å². The highest BCUT2D eigenvalue weighted by Gasteiger charge is 2.32. The van der Waals surface area contributed by atoms with Crippen molar-refractivity contribution in [2.24, 2.45) is 7.05 Å². The van der Waals surface area contributed by atoms with E-state index in [1.807, 2.05) is 4.72 Å². The normalized spacial score (nSPS) is 11.5. The number of aryl methyl sites for hydroxylation is 4. The van der Waals surface area contributed by atoms with Crippen LogP contribution in [0.15, 0.2) is 23.3 Å². The van der Waals surface area contributed by atoms with Crippen LogP contribution in [-0.2, 0) is 21.8 Å². The van der Waals surface area contributed by atoms with Gasteiger partial charge < -0.3 is 4.74 Å². The Labute approximate surface area is 161 Å². The van der Waals surface area contributed by atoms with Crippen LogP contribution in [0, 0.1) is 20.8 Å². The zero-order valence-corrected chi connectivity index (χ0v) is 16.8. The van der Waals surface area contributed by atoms with Crippen molar-refractivity contribution in [3.8, 4) is 0 Å². The first-order valence-corrected chi connectivity index (χ1v) is 9.55. The number of hydrogen-bond donors (Lipinski definition) is 2. The lowest BCUT2D eigenvalue weighted by Crippen LogP contribution is -2.36. The highest BCUT2D eigenvalue weighted by molar-refractivity contribution is 7.90. The maximum Gasteiger partial charge on any atom is 0.362 e. The van der Waals surface area contributed by atoms with E-state index in [1.165, 1.54) is 20.0 Å². The standard InChI is InChI=1S/C16H20N6O5S/c1-6-7-27-14(23)12-13(11(4)20-22(12)5)28(25,26)21-16(24)19-15-17-9(2)8-10(3)18-15/h6-8H,1-5H3,(H2,17,18,19,21,24). The van der Waals surface area contributed by atoms with Crippen LogP contribution >= 0.6 is 0 Å². The molecule has 28 heavy (non-hydrogen) atoms. The largest absolute Gasteiger partial charge is 0.430 e. The summed E-state index contributed by atoms with van der Waals surface area (Å²) in [5.74, 6) is -0.986. The number of anilines is 1. The van der Waals surface area contributed by atoms with Crippen LogP contribution in [-0.4, -0.2) is 40.2 Å². The monoisotopic (exact) mass is 408 g/mol. The summed E-state index contributed by atoms with van der Waals surface area (Å²) in [5.41, 5.74) is 0.905. The predicted octanol–water partition coefficient (Wildman–Crippen LogP) is 1.34. The summed E-state index contributed by atoms with van der Waals surface area (Å²) in [6.45, 7) is 6.43. The average Bonchev–Trinajstić information content (AvgIpc) is 2.86. The van der Waals surface area contributed by atoms with Crippen LogP contribution in [0.1, 0.15) is 34.5 Å².